The van der Waals surface area contributed by atoms with Crippen molar-refractivity contribution in [2.45, 2.75) is 23.9 Å². The number of halogens is 1. The summed E-state index contributed by atoms with van der Waals surface area (Å²) in [5, 5.41) is 4.40. The molecule has 1 unspecified atom stereocenters. The van der Waals surface area contributed by atoms with E-state index < -0.39 is 5.54 Å². The van der Waals surface area contributed by atoms with Crippen LogP contribution in [0.4, 0.5) is 0 Å². The molecule has 0 radical (unpaired) electrons. The summed E-state index contributed by atoms with van der Waals surface area (Å²) in [5.41, 5.74) is -0.678. The summed E-state index contributed by atoms with van der Waals surface area (Å²) in [5.74, 6) is 0.459. The Balaban J connectivity index is 2.55. The maximum atomic E-state index is 11.6. The standard InChI is InChI=1S/C12H17ClN2O2S/c1-12(14-2,11(16)17-3)6-8-18-10-9(13)5-4-7-15-10/h4-5,7,14H,6,8H2,1-3H3. The zero-order chi connectivity index (χ0) is 13.6. The summed E-state index contributed by atoms with van der Waals surface area (Å²) in [6.07, 6.45) is 2.33. The number of carbonyl (C=O) groups is 1. The van der Waals surface area contributed by atoms with Crippen molar-refractivity contribution in [2.75, 3.05) is 19.9 Å². The molecule has 1 atom stereocenters. The fourth-order valence-corrected chi connectivity index (χ4v) is 2.71. The minimum absolute atomic E-state index is 0.266. The Morgan fingerprint density at radius 1 is 1.67 bits per heavy atom. The van der Waals surface area contributed by atoms with Gasteiger partial charge in [0.05, 0.1) is 12.1 Å². The fraction of sp³-hybridized carbons (Fsp3) is 0.500. The number of hydrogen-bond donors (Lipinski definition) is 1. The summed E-state index contributed by atoms with van der Waals surface area (Å²) in [6, 6.07) is 3.59. The molecule has 0 saturated carbocycles. The van der Waals surface area contributed by atoms with Crippen LogP contribution in [0.2, 0.25) is 5.02 Å². The van der Waals surface area contributed by atoms with Gasteiger partial charge < -0.3 is 10.1 Å². The Bertz CT molecular complexity index is 417. The first kappa shape index (κ1) is 15.3. The van der Waals surface area contributed by atoms with Gasteiger partial charge in [-0.3, -0.25) is 4.79 Å². The first-order valence-electron chi connectivity index (χ1n) is 5.54. The maximum absolute atomic E-state index is 11.6. The average molecular weight is 289 g/mol. The molecule has 0 bridgehead atoms. The number of rotatable bonds is 6. The van der Waals surface area contributed by atoms with E-state index in [0.29, 0.717) is 11.4 Å². The van der Waals surface area contributed by atoms with E-state index >= 15 is 0 Å². The predicted molar refractivity (Wildman–Crippen MR) is 74.1 cm³/mol. The molecule has 0 aromatic carbocycles. The van der Waals surface area contributed by atoms with Gasteiger partial charge in [0, 0.05) is 11.9 Å². The molecule has 0 saturated heterocycles. The van der Waals surface area contributed by atoms with E-state index in [4.69, 9.17) is 16.3 Å². The Kier molecular flexibility index (Phi) is 5.91. The predicted octanol–water partition coefficient (Wildman–Crippen LogP) is 2.37. The van der Waals surface area contributed by atoms with Crippen LogP contribution in [-0.2, 0) is 9.53 Å². The number of likely N-dealkylation sites (N-methyl/N-ethyl adjacent to an activating group) is 1. The Hall–Kier alpha value is -0.780. The molecule has 18 heavy (non-hydrogen) atoms. The lowest BCUT2D eigenvalue weighted by molar-refractivity contribution is -0.147. The number of pyridine rings is 1. The van der Waals surface area contributed by atoms with E-state index in [1.54, 1.807) is 25.4 Å². The zero-order valence-corrected chi connectivity index (χ0v) is 12.3. The molecule has 1 N–H and O–H groups in total. The third-order valence-corrected chi connectivity index (χ3v) is 4.18. The van der Waals surface area contributed by atoms with E-state index in [1.807, 2.05) is 6.92 Å². The van der Waals surface area contributed by atoms with Crippen molar-refractivity contribution in [2.24, 2.45) is 0 Å². The molecule has 1 rings (SSSR count). The number of nitrogens with one attached hydrogen (secondary N) is 1. The lowest BCUT2D eigenvalue weighted by Crippen LogP contribution is -2.48. The molecular formula is C12H17ClN2O2S. The number of aromatic nitrogens is 1. The molecule has 0 fully saturated rings. The zero-order valence-electron chi connectivity index (χ0n) is 10.7. The van der Waals surface area contributed by atoms with Crippen LogP contribution in [0, 0.1) is 0 Å². The van der Waals surface area contributed by atoms with Crippen LogP contribution in [-0.4, -0.2) is 36.4 Å². The summed E-state index contributed by atoms with van der Waals surface area (Å²) < 4.78 is 4.78. The SMILES string of the molecule is CNC(C)(CCSc1ncccc1Cl)C(=O)OC. The molecule has 6 heteroatoms. The number of thioether (sulfide) groups is 1. The summed E-state index contributed by atoms with van der Waals surface area (Å²) in [4.78, 5) is 15.8. The number of hydrogen-bond acceptors (Lipinski definition) is 5. The third kappa shape index (κ3) is 3.86. The Morgan fingerprint density at radius 3 is 2.94 bits per heavy atom. The van der Waals surface area contributed by atoms with Gasteiger partial charge in [-0.2, -0.15) is 0 Å². The van der Waals surface area contributed by atoms with Gasteiger partial charge in [-0.1, -0.05) is 11.6 Å². The van der Waals surface area contributed by atoms with E-state index in [1.165, 1.54) is 18.9 Å². The molecular weight excluding hydrogens is 272 g/mol. The molecule has 4 nitrogen and oxygen atoms in total. The van der Waals surface area contributed by atoms with E-state index in [2.05, 4.69) is 10.3 Å². The number of carbonyl (C=O) groups excluding carboxylic acids is 1. The molecule has 1 heterocycles. The lowest BCUT2D eigenvalue weighted by atomic mass is 10.00. The van der Waals surface area contributed by atoms with Gasteiger partial charge >= 0.3 is 5.97 Å². The van der Waals surface area contributed by atoms with Gasteiger partial charge in [0.15, 0.2) is 0 Å². The molecule has 0 amide bonds. The molecule has 0 aliphatic rings. The second kappa shape index (κ2) is 6.97. The monoisotopic (exact) mass is 288 g/mol. The highest BCUT2D eigenvalue weighted by Crippen LogP contribution is 2.26. The third-order valence-electron chi connectivity index (χ3n) is 2.75. The quantitative estimate of drug-likeness (QED) is 0.643. The van der Waals surface area contributed by atoms with Crippen LogP contribution in [0.25, 0.3) is 0 Å². The van der Waals surface area contributed by atoms with Crippen molar-refractivity contribution in [1.29, 1.82) is 0 Å². The van der Waals surface area contributed by atoms with Crippen molar-refractivity contribution in [3.05, 3.63) is 23.4 Å². The molecule has 1 aromatic heterocycles. The van der Waals surface area contributed by atoms with E-state index in [-0.39, 0.29) is 5.97 Å². The highest BCUT2D eigenvalue weighted by atomic mass is 35.5. The van der Waals surface area contributed by atoms with Crippen LogP contribution < -0.4 is 5.32 Å². The average Bonchev–Trinajstić information content (AvgIpc) is 2.39. The first-order valence-corrected chi connectivity index (χ1v) is 6.90. The first-order chi connectivity index (χ1) is 8.53. The highest BCUT2D eigenvalue weighted by Gasteiger charge is 2.31. The molecule has 100 valence electrons. The Labute approximate surface area is 116 Å². The highest BCUT2D eigenvalue weighted by molar-refractivity contribution is 7.99. The number of nitrogens with zero attached hydrogens (tertiary/aromatic N) is 1. The van der Waals surface area contributed by atoms with Crippen LogP contribution in [0.1, 0.15) is 13.3 Å². The van der Waals surface area contributed by atoms with Crippen molar-refractivity contribution in [1.82, 2.24) is 10.3 Å². The van der Waals surface area contributed by atoms with Gasteiger partial charge in [0.2, 0.25) is 0 Å². The minimum atomic E-state index is -0.678. The number of methoxy groups -OCH3 is 1. The van der Waals surface area contributed by atoms with Crippen molar-refractivity contribution >= 4 is 29.3 Å². The minimum Gasteiger partial charge on any atom is -0.468 e. The Morgan fingerprint density at radius 2 is 2.39 bits per heavy atom. The van der Waals surface area contributed by atoms with Crippen LogP contribution in [0.5, 0.6) is 0 Å². The fourth-order valence-electron chi connectivity index (χ4n) is 1.38. The van der Waals surface area contributed by atoms with Crippen LogP contribution >= 0.6 is 23.4 Å². The largest absolute Gasteiger partial charge is 0.468 e. The molecule has 0 aliphatic carbocycles. The molecule has 0 spiro atoms. The lowest BCUT2D eigenvalue weighted by Gasteiger charge is -2.25. The van der Waals surface area contributed by atoms with E-state index in [0.717, 1.165) is 10.8 Å². The summed E-state index contributed by atoms with van der Waals surface area (Å²) >= 11 is 7.53. The summed E-state index contributed by atoms with van der Waals surface area (Å²) in [7, 11) is 3.13. The van der Waals surface area contributed by atoms with Crippen molar-refractivity contribution < 1.29 is 9.53 Å². The van der Waals surface area contributed by atoms with E-state index in [9.17, 15) is 4.79 Å². The molecule has 1 aromatic rings. The van der Waals surface area contributed by atoms with Gasteiger partial charge in [-0.25, -0.2) is 4.98 Å². The van der Waals surface area contributed by atoms with Gasteiger partial charge in [-0.15, -0.1) is 11.8 Å². The number of esters is 1. The van der Waals surface area contributed by atoms with Gasteiger partial charge in [0.25, 0.3) is 0 Å². The maximum Gasteiger partial charge on any atom is 0.325 e. The van der Waals surface area contributed by atoms with Crippen molar-refractivity contribution in [3.8, 4) is 0 Å². The summed E-state index contributed by atoms with van der Waals surface area (Å²) in [6.45, 7) is 1.82. The second-order valence-electron chi connectivity index (χ2n) is 3.96. The molecule has 0 aliphatic heterocycles. The number of ether oxygens (including phenoxy) is 1. The van der Waals surface area contributed by atoms with Crippen LogP contribution in [0.3, 0.4) is 0 Å². The van der Waals surface area contributed by atoms with Gasteiger partial charge in [-0.05, 0) is 32.5 Å². The second-order valence-corrected chi connectivity index (χ2v) is 5.45. The van der Waals surface area contributed by atoms with Crippen LogP contribution in [0.15, 0.2) is 23.4 Å². The van der Waals surface area contributed by atoms with Gasteiger partial charge in [0.1, 0.15) is 10.6 Å². The van der Waals surface area contributed by atoms with Crippen molar-refractivity contribution in [3.63, 3.8) is 0 Å². The smallest absolute Gasteiger partial charge is 0.325 e. The topological polar surface area (TPSA) is 51.2 Å². The normalized spacial score (nSPS) is 14.0.